The molecule has 0 aliphatic carbocycles. The maximum Gasteiger partial charge on any atom is 0.170 e. The first-order valence-corrected chi connectivity index (χ1v) is 9.50. The molecule has 0 spiro atoms. The average Bonchev–Trinajstić information content (AvgIpc) is 3.17. The molecule has 3 aromatic carbocycles. The summed E-state index contributed by atoms with van der Waals surface area (Å²) in [6, 6.07) is 18.0. The third kappa shape index (κ3) is 4.64. The van der Waals surface area contributed by atoms with Crippen molar-refractivity contribution in [2.24, 2.45) is 0 Å². The van der Waals surface area contributed by atoms with E-state index in [-0.39, 0.29) is 24.8 Å². The Bertz CT molecular complexity index is 1130. The highest BCUT2D eigenvalue weighted by atomic mass is 19.1. The molecule has 30 heavy (non-hydrogen) atoms. The Morgan fingerprint density at radius 1 is 1.03 bits per heavy atom. The van der Waals surface area contributed by atoms with Crippen LogP contribution in [0.5, 0.6) is 5.75 Å². The zero-order valence-corrected chi connectivity index (χ0v) is 16.0. The Labute approximate surface area is 171 Å². The summed E-state index contributed by atoms with van der Waals surface area (Å²) in [5, 5.41) is 17.8. The van der Waals surface area contributed by atoms with Gasteiger partial charge in [-0.05, 0) is 42.5 Å². The van der Waals surface area contributed by atoms with Gasteiger partial charge in [0.1, 0.15) is 35.8 Å². The van der Waals surface area contributed by atoms with Crippen LogP contribution in [0.3, 0.4) is 0 Å². The summed E-state index contributed by atoms with van der Waals surface area (Å²) in [7, 11) is 0. The van der Waals surface area contributed by atoms with Gasteiger partial charge in [-0.25, -0.2) is 8.78 Å². The molecule has 0 aliphatic heterocycles. The summed E-state index contributed by atoms with van der Waals surface area (Å²) in [4.78, 5) is 0. The molecule has 0 amide bonds. The van der Waals surface area contributed by atoms with Crippen molar-refractivity contribution in [2.45, 2.75) is 12.6 Å². The summed E-state index contributed by atoms with van der Waals surface area (Å²) in [6.45, 7) is 0.692. The molecule has 1 aromatic heterocycles. The molecule has 0 fully saturated rings. The van der Waals surface area contributed by atoms with Crippen LogP contribution in [0, 0.1) is 11.6 Å². The first-order chi connectivity index (χ1) is 14.6. The number of ether oxygens (including phenoxy) is 1. The summed E-state index contributed by atoms with van der Waals surface area (Å²) in [5.41, 5.74) is 2.36. The number of nitrogens with one attached hydrogen (secondary N) is 1. The topological polar surface area (TPSA) is 67.5 Å². The molecule has 4 rings (SSSR count). The number of benzene rings is 3. The number of aromatic nitrogens is 1. The normalized spacial score (nSPS) is 12.2. The zero-order valence-electron chi connectivity index (χ0n) is 16.0. The minimum Gasteiger partial charge on any atom is -0.491 e. The number of hydrogen-bond acceptors (Lipinski definition) is 5. The second-order valence-electron chi connectivity index (χ2n) is 6.88. The van der Waals surface area contributed by atoms with Gasteiger partial charge in [-0.2, -0.15) is 0 Å². The van der Waals surface area contributed by atoms with E-state index in [9.17, 15) is 13.9 Å². The number of nitrogens with zero attached hydrogens (tertiary/aromatic N) is 1. The van der Waals surface area contributed by atoms with Crippen molar-refractivity contribution in [1.82, 2.24) is 10.5 Å². The molecule has 154 valence electrons. The number of fused-ring (bicyclic) bond motifs is 1. The molecule has 0 radical (unpaired) electrons. The summed E-state index contributed by atoms with van der Waals surface area (Å²) >= 11 is 0. The van der Waals surface area contributed by atoms with Crippen LogP contribution in [-0.2, 0) is 6.54 Å². The van der Waals surface area contributed by atoms with Crippen LogP contribution in [0.2, 0.25) is 0 Å². The SMILES string of the molecule is OC(CNCc1ccccc1F)COc1ccc(-c2noc3cc(F)ccc23)cc1. The first kappa shape index (κ1) is 20.0. The van der Waals surface area contributed by atoms with E-state index in [1.807, 2.05) is 12.1 Å². The fraction of sp³-hybridized carbons (Fsp3) is 0.174. The lowest BCUT2D eigenvalue weighted by Gasteiger charge is -2.14. The first-order valence-electron chi connectivity index (χ1n) is 9.50. The zero-order chi connectivity index (χ0) is 20.9. The van der Waals surface area contributed by atoms with Crippen LogP contribution < -0.4 is 10.1 Å². The molecule has 0 saturated heterocycles. The predicted octanol–water partition coefficient (Wildman–Crippen LogP) is 4.30. The van der Waals surface area contributed by atoms with Gasteiger partial charge in [0.15, 0.2) is 5.58 Å². The highest BCUT2D eigenvalue weighted by Gasteiger charge is 2.12. The van der Waals surface area contributed by atoms with E-state index in [0.29, 0.717) is 29.1 Å². The van der Waals surface area contributed by atoms with Gasteiger partial charge in [0.25, 0.3) is 0 Å². The molecule has 0 aliphatic rings. The molecular formula is C23H20F2N2O3. The van der Waals surface area contributed by atoms with E-state index in [2.05, 4.69) is 10.5 Å². The maximum absolute atomic E-state index is 13.6. The molecule has 1 atom stereocenters. The third-order valence-corrected chi connectivity index (χ3v) is 4.66. The number of halogens is 2. The quantitative estimate of drug-likeness (QED) is 0.453. The van der Waals surface area contributed by atoms with Crippen LogP contribution in [-0.4, -0.2) is 29.5 Å². The second-order valence-corrected chi connectivity index (χ2v) is 6.88. The van der Waals surface area contributed by atoms with Crippen molar-refractivity contribution in [3.05, 3.63) is 83.9 Å². The van der Waals surface area contributed by atoms with Crippen molar-refractivity contribution in [2.75, 3.05) is 13.2 Å². The Morgan fingerprint density at radius 3 is 2.63 bits per heavy atom. The Hall–Kier alpha value is -3.29. The van der Waals surface area contributed by atoms with E-state index >= 15 is 0 Å². The smallest absolute Gasteiger partial charge is 0.170 e. The lowest BCUT2D eigenvalue weighted by atomic mass is 10.1. The molecule has 0 saturated carbocycles. The summed E-state index contributed by atoms with van der Waals surface area (Å²) in [6.07, 6.45) is -0.745. The molecule has 1 heterocycles. The average molecular weight is 410 g/mol. The largest absolute Gasteiger partial charge is 0.491 e. The Balaban J connectivity index is 1.29. The Kier molecular flexibility index (Phi) is 6.02. The molecule has 1 unspecified atom stereocenters. The lowest BCUT2D eigenvalue weighted by molar-refractivity contribution is 0.106. The molecule has 2 N–H and O–H groups in total. The lowest BCUT2D eigenvalue weighted by Crippen LogP contribution is -2.31. The fourth-order valence-electron chi connectivity index (χ4n) is 3.10. The van der Waals surface area contributed by atoms with Crippen molar-refractivity contribution < 1.29 is 23.1 Å². The van der Waals surface area contributed by atoms with Crippen molar-refractivity contribution in [3.63, 3.8) is 0 Å². The number of aliphatic hydroxyl groups excluding tert-OH is 1. The molecule has 0 bridgehead atoms. The minimum absolute atomic E-state index is 0.0930. The molecule has 4 aromatic rings. The number of rotatable bonds is 8. The summed E-state index contributed by atoms with van der Waals surface area (Å²) in [5.74, 6) is -0.0671. The van der Waals surface area contributed by atoms with Crippen LogP contribution in [0.4, 0.5) is 8.78 Å². The van der Waals surface area contributed by atoms with Gasteiger partial charge in [0.05, 0.1) is 0 Å². The van der Waals surface area contributed by atoms with E-state index in [4.69, 9.17) is 9.26 Å². The van der Waals surface area contributed by atoms with Crippen molar-refractivity contribution in [1.29, 1.82) is 0 Å². The van der Waals surface area contributed by atoms with Gasteiger partial charge in [-0.1, -0.05) is 23.4 Å². The third-order valence-electron chi connectivity index (χ3n) is 4.66. The van der Waals surface area contributed by atoms with Gasteiger partial charge in [-0.15, -0.1) is 0 Å². The van der Waals surface area contributed by atoms with Gasteiger partial charge in [0, 0.05) is 35.7 Å². The standard InChI is InChI=1S/C23H20F2N2O3/c24-17-7-10-20-22(11-17)30-27-23(20)15-5-8-19(9-6-15)29-14-18(28)13-26-12-16-3-1-2-4-21(16)25/h1-11,18,26,28H,12-14H2. The van der Waals surface area contributed by atoms with E-state index in [0.717, 1.165) is 10.9 Å². The number of aliphatic hydroxyl groups is 1. The van der Waals surface area contributed by atoms with Crippen LogP contribution in [0.25, 0.3) is 22.2 Å². The van der Waals surface area contributed by atoms with Crippen LogP contribution >= 0.6 is 0 Å². The monoisotopic (exact) mass is 410 g/mol. The van der Waals surface area contributed by atoms with Crippen molar-refractivity contribution >= 4 is 11.0 Å². The van der Waals surface area contributed by atoms with E-state index in [1.165, 1.54) is 18.2 Å². The van der Waals surface area contributed by atoms with Gasteiger partial charge in [0.2, 0.25) is 0 Å². The van der Waals surface area contributed by atoms with Crippen LogP contribution in [0.1, 0.15) is 5.56 Å². The van der Waals surface area contributed by atoms with Gasteiger partial charge in [-0.3, -0.25) is 0 Å². The van der Waals surface area contributed by atoms with E-state index in [1.54, 1.807) is 36.4 Å². The molecule has 5 nitrogen and oxygen atoms in total. The summed E-state index contributed by atoms with van der Waals surface area (Å²) < 4.78 is 37.7. The molecule has 7 heteroatoms. The second kappa shape index (κ2) is 9.02. The van der Waals surface area contributed by atoms with E-state index < -0.39 is 6.10 Å². The molecular weight excluding hydrogens is 390 g/mol. The van der Waals surface area contributed by atoms with Crippen LogP contribution in [0.15, 0.2) is 71.3 Å². The fourth-order valence-corrected chi connectivity index (χ4v) is 3.10. The Morgan fingerprint density at radius 2 is 1.83 bits per heavy atom. The predicted molar refractivity (Wildman–Crippen MR) is 109 cm³/mol. The minimum atomic E-state index is -0.745. The highest BCUT2D eigenvalue weighted by molar-refractivity contribution is 5.91. The highest BCUT2D eigenvalue weighted by Crippen LogP contribution is 2.29. The van der Waals surface area contributed by atoms with Gasteiger partial charge < -0.3 is 19.7 Å². The van der Waals surface area contributed by atoms with Gasteiger partial charge >= 0.3 is 0 Å². The van der Waals surface area contributed by atoms with Crippen molar-refractivity contribution in [3.8, 4) is 17.0 Å². The maximum atomic E-state index is 13.6. The number of hydrogen-bond donors (Lipinski definition) is 2.